The molecular formula is C26H30ClN5O2. The van der Waals surface area contributed by atoms with E-state index in [1.807, 2.05) is 37.3 Å². The van der Waals surface area contributed by atoms with Crippen LogP contribution in [-0.4, -0.2) is 41.6 Å². The Morgan fingerprint density at radius 2 is 1.91 bits per heavy atom. The molecule has 0 atom stereocenters. The summed E-state index contributed by atoms with van der Waals surface area (Å²) in [6.45, 7) is 11.9. The Kier molecular flexibility index (Phi) is 6.83. The third-order valence-corrected chi connectivity index (χ3v) is 7.25. The molecule has 0 radical (unpaired) electrons. The first-order chi connectivity index (χ1) is 16.0. The van der Waals surface area contributed by atoms with Crippen molar-refractivity contribution in [3.05, 3.63) is 58.9 Å². The summed E-state index contributed by atoms with van der Waals surface area (Å²) < 4.78 is 5.36. The van der Waals surface area contributed by atoms with Crippen LogP contribution in [0.5, 0.6) is 5.75 Å². The van der Waals surface area contributed by atoms with E-state index >= 15 is 0 Å². The molecule has 1 aliphatic heterocycles. The minimum absolute atomic E-state index is 0. The Morgan fingerprint density at radius 1 is 1.15 bits per heavy atom. The number of nitrogens with zero attached hydrogens (tertiary/aromatic N) is 4. The number of nitrogens with one attached hydrogen (secondary N) is 1. The van der Waals surface area contributed by atoms with Gasteiger partial charge in [0.15, 0.2) is 17.3 Å². The topological polar surface area (TPSA) is 74.9 Å². The van der Waals surface area contributed by atoms with Gasteiger partial charge in [-0.3, -0.25) is 0 Å². The monoisotopic (exact) mass is 479 g/mol. The van der Waals surface area contributed by atoms with Gasteiger partial charge in [-0.1, -0.05) is 24.3 Å². The molecule has 0 amide bonds. The second-order valence-corrected chi connectivity index (χ2v) is 9.42. The van der Waals surface area contributed by atoms with Gasteiger partial charge in [-0.25, -0.2) is 4.85 Å². The van der Waals surface area contributed by atoms with Gasteiger partial charge in [0, 0.05) is 30.4 Å². The quantitative estimate of drug-likeness (QED) is 0.485. The number of fused-ring (bicyclic) bond motifs is 1. The number of ether oxygens (including phenoxy) is 1. The number of hydrogen-bond acceptors (Lipinski definition) is 6. The molecule has 178 valence electrons. The van der Waals surface area contributed by atoms with Gasteiger partial charge in [-0.05, 0) is 61.3 Å². The second kappa shape index (κ2) is 9.65. The zero-order chi connectivity index (χ0) is 23.0. The van der Waals surface area contributed by atoms with Crippen molar-refractivity contribution in [2.45, 2.75) is 45.3 Å². The highest BCUT2D eigenvalue weighted by atomic mass is 35.5. The summed E-state index contributed by atoms with van der Waals surface area (Å²) in [5, 5.41) is 24.3. The molecule has 2 aromatic carbocycles. The molecule has 5 rings (SSSR count). The molecule has 0 unspecified atom stereocenters. The van der Waals surface area contributed by atoms with Crippen LogP contribution in [0.4, 0.5) is 17.3 Å². The number of hydrogen-bond donors (Lipinski definition) is 2. The van der Waals surface area contributed by atoms with Gasteiger partial charge < -0.3 is 20.1 Å². The maximum atomic E-state index is 9.77. The predicted octanol–water partition coefficient (Wildman–Crippen LogP) is 5.27. The van der Waals surface area contributed by atoms with Crippen LogP contribution >= 0.6 is 12.4 Å². The number of halogens is 1. The van der Waals surface area contributed by atoms with E-state index in [1.54, 1.807) is 7.11 Å². The minimum atomic E-state index is -0.121. The van der Waals surface area contributed by atoms with Gasteiger partial charge in [0.1, 0.15) is 5.75 Å². The summed E-state index contributed by atoms with van der Waals surface area (Å²) in [4.78, 5) is 5.93. The van der Waals surface area contributed by atoms with Crippen LogP contribution in [0.3, 0.4) is 0 Å². The highest BCUT2D eigenvalue weighted by molar-refractivity contribution is 6.00. The predicted molar refractivity (Wildman–Crippen MR) is 137 cm³/mol. The molecule has 7 nitrogen and oxygen atoms in total. The smallest absolute Gasteiger partial charge is 0.188 e. The number of aliphatic hydroxyl groups is 1. The molecule has 2 aliphatic rings. The van der Waals surface area contributed by atoms with Crippen LogP contribution in [0.25, 0.3) is 15.6 Å². The van der Waals surface area contributed by atoms with Crippen molar-refractivity contribution < 1.29 is 9.84 Å². The summed E-state index contributed by atoms with van der Waals surface area (Å²) in [5.41, 5.74) is 3.11. The lowest BCUT2D eigenvalue weighted by Gasteiger charge is -2.50. The van der Waals surface area contributed by atoms with E-state index in [9.17, 15) is 5.11 Å². The van der Waals surface area contributed by atoms with Crippen LogP contribution in [0.2, 0.25) is 0 Å². The van der Waals surface area contributed by atoms with E-state index in [2.05, 4.69) is 31.3 Å². The lowest BCUT2D eigenvalue weighted by Crippen LogP contribution is -2.49. The van der Waals surface area contributed by atoms with Gasteiger partial charge >= 0.3 is 0 Å². The fraction of sp³-hybridized carbons (Fsp3) is 0.423. The maximum absolute atomic E-state index is 9.77. The average Bonchev–Trinajstić information content (AvgIpc) is 2.82. The SMILES string of the molecule is Cl.[C-]#[N+]c1ccc2c(N3CCC4(CC3)CC(O)C4)nnc(NCc3ccc(OC)c(C)c3)c2c1. The van der Waals surface area contributed by atoms with Crippen LogP contribution in [0.1, 0.15) is 36.8 Å². The van der Waals surface area contributed by atoms with Crippen molar-refractivity contribution in [2.75, 3.05) is 30.4 Å². The lowest BCUT2D eigenvalue weighted by atomic mass is 9.61. The number of aromatic nitrogens is 2. The van der Waals surface area contributed by atoms with Crippen LogP contribution in [0.15, 0.2) is 36.4 Å². The molecule has 2 N–H and O–H groups in total. The van der Waals surface area contributed by atoms with Gasteiger partial charge in [0.05, 0.1) is 19.8 Å². The van der Waals surface area contributed by atoms with E-state index in [0.717, 1.165) is 72.2 Å². The fourth-order valence-corrected chi connectivity index (χ4v) is 5.34. The van der Waals surface area contributed by atoms with E-state index in [1.165, 1.54) is 0 Å². The molecule has 1 spiro atoms. The molecule has 0 bridgehead atoms. The first-order valence-electron chi connectivity index (χ1n) is 11.5. The molecule has 1 aliphatic carbocycles. The van der Waals surface area contributed by atoms with Gasteiger partial charge in [0.25, 0.3) is 0 Å². The second-order valence-electron chi connectivity index (χ2n) is 9.42. The van der Waals surface area contributed by atoms with Crippen molar-refractivity contribution in [3.63, 3.8) is 0 Å². The number of aryl methyl sites for hydroxylation is 1. The van der Waals surface area contributed by atoms with E-state index in [4.69, 9.17) is 11.3 Å². The largest absolute Gasteiger partial charge is 0.496 e. The number of benzene rings is 2. The Bertz CT molecular complexity index is 1230. The Hall–Kier alpha value is -3.08. The molecule has 2 heterocycles. The van der Waals surface area contributed by atoms with Gasteiger partial charge in [-0.2, -0.15) is 0 Å². The summed E-state index contributed by atoms with van der Waals surface area (Å²) in [5.74, 6) is 2.43. The summed E-state index contributed by atoms with van der Waals surface area (Å²) in [6.07, 6.45) is 3.88. The highest BCUT2D eigenvalue weighted by Crippen LogP contribution is 2.49. The number of methoxy groups -OCH3 is 1. The molecule has 3 aromatic rings. The van der Waals surface area contributed by atoms with Crippen molar-refractivity contribution in [1.82, 2.24) is 10.2 Å². The number of aliphatic hydroxyl groups excluding tert-OH is 1. The average molecular weight is 480 g/mol. The molecule has 1 aromatic heterocycles. The first kappa shape index (κ1) is 24.1. The lowest BCUT2D eigenvalue weighted by molar-refractivity contribution is -0.0464. The van der Waals surface area contributed by atoms with Crippen molar-refractivity contribution in [3.8, 4) is 5.75 Å². The van der Waals surface area contributed by atoms with Crippen molar-refractivity contribution in [1.29, 1.82) is 0 Å². The van der Waals surface area contributed by atoms with Crippen LogP contribution in [-0.2, 0) is 6.54 Å². The maximum Gasteiger partial charge on any atom is 0.188 e. The van der Waals surface area contributed by atoms with Crippen LogP contribution in [0, 0.1) is 18.9 Å². The van der Waals surface area contributed by atoms with Crippen molar-refractivity contribution >= 4 is 40.5 Å². The zero-order valence-electron chi connectivity index (χ0n) is 19.5. The molecule has 34 heavy (non-hydrogen) atoms. The Balaban J connectivity index is 0.00000274. The Labute approximate surface area is 206 Å². The van der Waals surface area contributed by atoms with Gasteiger partial charge in [-0.15, -0.1) is 22.6 Å². The fourth-order valence-electron chi connectivity index (χ4n) is 5.34. The molecule has 8 heteroatoms. The van der Waals surface area contributed by atoms with Crippen molar-refractivity contribution in [2.24, 2.45) is 5.41 Å². The minimum Gasteiger partial charge on any atom is -0.496 e. The van der Waals surface area contributed by atoms with Crippen LogP contribution < -0.4 is 15.0 Å². The standard InChI is InChI=1S/C26H29N5O2.ClH/c1-17-12-18(4-7-23(17)33-3)16-28-24-22-13-19(27-2)5-6-21(22)25(30-29-24)31-10-8-26(9-11-31)14-20(32)15-26;/h4-7,12-13,20,32H,8-11,14-16H2,1,3H3,(H,28,29);1H. The molecule has 2 fully saturated rings. The molecule has 1 saturated heterocycles. The van der Waals surface area contributed by atoms with Gasteiger partial charge in [0.2, 0.25) is 0 Å². The third kappa shape index (κ3) is 4.48. The Morgan fingerprint density at radius 3 is 2.56 bits per heavy atom. The number of anilines is 2. The summed E-state index contributed by atoms with van der Waals surface area (Å²) in [7, 11) is 1.68. The molecular weight excluding hydrogens is 450 g/mol. The molecule has 1 saturated carbocycles. The normalized spacial score (nSPS) is 17.1. The summed E-state index contributed by atoms with van der Waals surface area (Å²) >= 11 is 0. The number of piperidine rings is 1. The van der Waals surface area contributed by atoms with E-state index < -0.39 is 0 Å². The van der Waals surface area contributed by atoms with E-state index in [-0.39, 0.29) is 18.5 Å². The highest BCUT2D eigenvalue weighted by Gasteiger charge is 2.45. The third-order valence-electron chi connectivity index (χ3n) is 7.25. The number of rotatable bonds is 5. The first-order valence-corrected chi connectivity index (χ1v) is 11.5. The summed E-state index contributed by atoms with van der Waals surface area (Å²) in [6, 6.07) is 11.9. The van der Waals surface area contributed by atoms with E-state index in [0.29, 0.717) is 23.5 Å². The zero-order valence-corrected chi connectivity index (χ0v) is 20.4.